The number of ether oxygens (including phenoxy) is 2. The van der Waals surface area contributed by atoms with Crippen molar-refractivity contribution in [3.63, 3.8) is 0 Å². The number of rotatable bonds is 3. The Hall–Kier alpha value is -2.78. The summed E-state index contributed by atoms with van der Waals surface area (Å²) in [6.07, 6.45) is -9.33. The molecule has 0 radical (unpaired) electrons. The minimum absolute atomic E-state index is 0.571. The van der Waals surface area contributed by atoms with E-state index >= 15 is 0 Å². The van der Waals surface area contributed by atoms with Gasteiger partial charge < -0.3 is 9.47 Å². The zero-order valence-electron chi connectivity index (χ0n) is 12.4. The number of halogens is 6. The molecule has 0 saturated heterocycles. The van der Waals surface area contributed by atoms with Crippen molar-refractivity contribution in [1.29, 1.82) is 0 Å². The molecule has 0 aliphatic heterocycles. The van der Waals surface area contributed by atoms with Crippen LogP contribution in [0, 0.1) is 0 Å². The molecule has 4 nitrogen and oxygen atoms in total. The molecule has 134 valence electrons. The van der Waals surface area contributed by atoms with Crippen LogP contribution in [0.3, 0.4) is 0 Å². The van der Waals surface area contributed by atoms with Crippen LogP contribution in [-0.2, 0) is 10.9 Å². The largest absolute Gasteiger partial charge is 0.573 e. The number of aromatic nitrogens is 1. The third-order valence-corrected chi connectivity index (χ3v) is 3.01. The van der Waals surface area contributed by atoms with Crippen molar-refractivity contribution in [3.8, 4) is 17.0 Å². The second-order valence-electron chi connectivity index (χ2n) is 4.62. The number of benzene rings is 1. The lowest BCUT2D eigenvalue weighted by Gasteiger charge is -2.18. The number of hydrogen-bond acceptors (Lipinski definition) is 4. The van der Waals surface area contributed by atoms with Gasteiger partial charge in [0.15, 0.2) is 0 Å². The van der Waals surface area contributed by atoms with Gasteiger partial charge in [-0.3, -0.25) is 4.98 Å². The minimum atomic E-state index is -5.12. The first-order chi connectivity index (χ1) is 11.5. The summed E-state index contributed by atoms with van der Waals surface area (Å²) in [6, 6.07) is 4.95. The van der Waals surface area contributed by atoms with Gasteiger partial charge in [0.2, 0.25) is 0 Å². The van der Waals surface area contributed by atoms with Crippen molar-refractivity contribution in [2.45, 2.75) is 12.5 Å². The van der Waals surface area contributed by atoms with Gasteiger partial charge in [0, 0.05) is 11.8 Å². The normalized spacial score (nSPS) is 12.0. The molecule has 1 aromatic carbocycles. The summed E-state index contributed by atoms with van der Waals surface area (Å²) in [6.45, 7) is 0. The molecule has 0 atom stereocenters. The SMILES string of the molecule is COC(=O)c1ccnc(-c2ccccc2OC(F)(F)F)c1C(F)(F)F. The Bertz CT molecular complexity index is 786. The lowest BCUT2D eigenvalue weighted by atomic mass is 10.00. The summed E-state index contributed by atoms with van der Waals surface area (Å²) in [5, 5.41) is 0. The van der Waals surface area contributed by atoms with Crippen LogP contribution in [0.2, 0.25) is 0 Å². The molecule has 10 heteroatoms. The monoisotopic (exact) mass is 365 g/mol. The molecule has 0 saturated carbocycles. The van der Waals surface area contributed by atoms with E-state index in [2.05, 4.69) is 14.5 Å². The molecule has 2 aromatic rings. The Labute approximate surface area is 137 Å². The highest BCUT2D eigenvalue weighted by atomic mass is 19.4. The van der Waals surface area contributed by atoms with Gasteiger partial charge >= 0.3 is 18.5 Å². The molecular weight excluding hydrogens is 356 g/mol. The van der Waals surface area contributed by atoms with Crippen molar-refractivity contribution >= 4 is 5.97 Å². The highest BCUT2D eigenvalue weighted by Gasteiger charge is 2.40. The Morgan fingerprint density at radius 1 is 1.04 bits per heavy atom. The zero-order chi connectivity index (χ0) is 18.8. The summed E-state index contributed by atoms with van der Waals surface area (Å²) >= 11 is 0. The van der Waals surface area contributed by atoms with Gasteiger partial charge in [0.25, 0.3) is 0 Å². The molecule has 0 fully saturated rings. The van der Waals surface area contributed by atoms with E-state index in [1.165, 1.54) is 6.07 Å². The fraction of sp³-hybridized carbons (Fsp3) is 0.200. The van der Waals surface area contributed by atoms with E-state index in [0.29, 0.717) is 0 Å². The number of esters is 1. The Balaban J connectivity index is 2.75. The summed E-state index contributed by atoms with van der Waals surface area (Å²) in [4.78, 5) is 15.1. The van der Waals surface area contributed by atoms with E-state index in [9.17, 15) is 31.1 Å². The Morgan fingerprint density at radius 3 is 2.24 bits per heavy atom. The number of carbonyl (C=O) groups excluding carboxylic acids is 1. The zero-order valence-corrected chi connectivity index (χ0v) is 12.4. The number of alkyl halides is 6. The molecule has 0 bridgehead atoms. The number of carbonyl (C=O) groups is 1. The first-order valence-corrected chi connectivity index (χ1v) is 6.54. The van der Waals surface area contributed by atoms with Crippen molar-refractivity contribution < 1.29 is 40.6 Å². The van der Waals surface area contributed by atoms with Gasteiger partial charge in [0.1, 0.15) is 5.75 Å². The second-order valence-corrected chi connectivity index (χ2v) is 4.62. The average molecular weight is 365 g/mol. The third-order valence-electron chi connectivity index (χ3n) is 3.01. The van der Waals surface area contributed by atoms with Crippen LogP contribution in [0.15, 0.2) is 36.5 Å². The highest BCUT2D eigenvalue weighted by Crippen LogP contribution is 2.42. The van der Waals surface area contributed by atoms with Crippen molar-refractivity contribution in [2.75, 3.05) is 7.11 Å². The summed E-state index contributed by atoms with van der Waals surface area (Å²) in [5.41, 5.74) is -3.84. The lowest BCUT2D eigenvalue weighted by Crippen LogP contribution is -2.19. The van der Waals surface area contributed by atoms with Crippen LogP contribution < -0.4 is 4.74 Å². The van der Waals surface area contributed by atoms with Crippen molar-refractivity contribution in [2.24, 2.45) is 0 Å². The van der Waals surface area contributed by atoms with Crippen molar-refractivity contribution in [1.82, 2.24) is 4.98 Å². The molecule has 2 rings (SSSR count). The van der Waals surface area contributed by atoms with Gasteiger partial charge in [-0.1, -0.05) is 12.1 Å². The van der Waals surface area contributed by atoms with Gasteiger partial charge in [-0.25, -0.2) is 4.79 Å². The van der Waals surface area contributed by atoms with Crippen LogP contribution in [0.25, 0.3) is 11.3 Å². The molecule has 0 aliphatic carbocycles. The molecular formula is C15H9F6NO3. The molecule has 0 N–H and O–H groups in total. The molecule has 0 aliphatic rings. The molecule has 0 spiro atoms. The van der Waals surface area contributed by atoms with Gasteiger partial charge in [-0.2, -0.15) is 13.2 Å². The van der Waals surface area contributed by atoms with Crippen LogP contribution >= 0.6 is 0 Å². The Morgan fingerprint density at radius 2 is 1.68 bits per heavy atom. The molecule has 0 amide bonds. The predicted octanol–water partition coefficient (Wildman–Crippen LogP) is 4.45. The highest BCUT2D eigenvalue weighted by molar-refractivity contribution is 5.93. The van der Waals surface area contributed by atoms with Gasteiger partial charge in [-0.05, 0) is 18.2 Å². The smallest absolute Gasteiger partial charge is 0.465 e. The molecule has 0 unspecified atom stereocenters. The summed E-state index contributed by atoms with van der Waals surface area (Å²) in [5.74, 6) is -2.18. The van der Waals surface area contributed by atoms with Crippen molar-refractivity contribution in [3.05, 3.63) is 47.7 Å². The van der Waals surface area contributed by atoms with E-state index in [1.54, 1.807) is 0 Å². The van der Waals surface area contributed by atoms with E-state index in [4.69, 9.17) is 0 Å². The maximum atomic E-state index is 13.4. The van der Waals surface area contributed by atoms with Gasteiger partial charge in [0.05, 0.1) is 23.9 Å². The molecule has 25 heavy (non-hydrogen) atoms. The Kier molecular flexibility index (Phi) is 4.91. The number of methoxy groups -OCH3 is 1. The maximum Gasteiger partial charge on any atom is 0.573 e. The van der Waals surface area contributed by atoms with Crippen LogP contribution in [-0.4, -0.2) is 24.4 Å². The fourth-order valence-electron chi connectivity index (χ4n) is 2.11. The average Bonchev–Trinajstić information content (AvgIpc) is 2.51. The molecule has 1 heterocycles. The number of pyridine rings is 1. The topological polar surface area (TPSA) is 48.4 Å². The van der Waals surface area contributed by atoms with Crippen LogP contribution in [0.5, 0.6) is 5.75 Å². The first-order valence-electron chi connectivity index (χ1n) is 6.54. The summed E-state index contributed by atoms with van der Waals surface area (Å²) < 4.78 is 85.9. The van der Waals surface area contributed by atoms with Crippen LogP contribution in [0.1, 0.15) is 15.9 Å². The number of nitrogens with zero attached hydrogens (tertiary/aromatic N) is 1. The lowest BCUT2D eigenvalue weighted by molar-refractivity contribution is -0.274. The molecule has 1 aromatic heterocycles. The summed E-state index contributed by atoms with van der Waals surface area (Å²) in [7, 11) is 0.878. The third kappa shape index (κ3) is 4.20. The van der Waals surface area contributed by atoms with Crippen LogP contribution in [0.4, 0.5) is 26.3 Å². The quantitative estimate of drug-likeness (QED) is 0.596. The predicted molar refractivity (Wildman–Crippen MR) is 72.7 cm³/mol. The number of hydrogen-bond donors (Lipinski definition) is 0. The van der Waals surface area contributed by atoms with Gasteiger partial charge in [-0.15, -0.1) is 13.2 Å². The first kappa shape index (κ1) is 18.6. The fourth-order valence-corrected chi connectivity index (χ4v) is 2.11. The standard InChI is InChI=1S/C15H9F6NO3/c1-24-13(23)9-6-7-22-12(11(9)14(16,17)18)8-4-2-3-5-10(8)25-15(19,20)21/h2-7H,1H3. The number of para-hydroxylation sites is 1. The second kappa shape index (κ2) is 6.61. The van der Waals surface area contributed by atoms with E-state index in [0.717, 1.165) is 37.6 Å². The van der Waals surface area contributed by atoms with E-state index in [-0.39, 0.29) is 0 Å². The minimum Gasteiger partial charge on any atom is -0.465 e. The maximum absolute atomic E-state index is 13.4. The van der Waals surface area contributed by atoms with E-state index < -0.39 is 46.6 Å². The van der Waals surface area contributed by atoms with E-state index in [1.807, 2.05) is 0 Å².